The summed E-state index contributed by atoms with van der Waals surface area (Å²) in [6.45, 7) is 0.835. The van der Waals surface area contributed by atoms with Crippen molar-refractivity contribution in [3.8, 4) is 0 Å². The Bertz CT molecular complexity index is 453. The molecule has 0 unspecified atom stereocenters. The van der Waals surface area contributed by atoms with Crippen LogP contribution in [0.15, 0.2) is 24.3 Å². The predicted octanol–water partition coefficient (Wildman–Crippen LogP) is 1.71. The number of nitrogens with zero attached hydrogens (tertiary/aromatic N) is 1. The van der Waals surface area contributed by atoms with E-state index in [1.807, 2.05) is 14.1 Å². The lowest BCUT2D eigenvalue weighted by atomic mass is 10.2. The first-order chi connectivity index (χ1) is 9.51. The van der Waals surface area contributed by atoms with Crippen LogP contribution in [0.1, 0.15) is 12.8 Å². The molecule has 0 atom stereocenters. The normalized spacial score (nSPS) is 9.45. The molecule has 0 bridgehead atoms. The molecule has 1 aromatic carbocycles. The zero-order valence-corrected chi connectivity index (χ0v) is 14.4. The fourth-order valence-corrected chi connectivity index (χ4v) is 1.61. The van der Waals surface area contributed by atoms with Gasteiger partial charge in [-0.25, -0.2) is 0 Å². The molecule has 8 heteroatoms. The number of benzene rings is 1. The number of carbonyl (C=O) groups is 2. The molecule has 0 aliphatic rings. The van der Waals surface area contributed by atoms with Gasteiger partial charge in [0.1, 0.15) is 0 Å². The minimum absolute atomic E-state index is 0. The zero-order valence-electron chi connectivity index (χ0n) is 12.8. The summed E-state index contributed by atoms with van der Waals surface area (Å²) in [5.41, 5.74) is 6.76. The standard InChI is InChI=1S/C14H22N4O2.2ClH/c1-18(2)10-14(20)17-12-7-5-11(6-8-12)16-13(19)4-3-9-15;;/h5-8H,3-4,9-10,15H2,1-2H3,(H,16,19)(H,17,20);2*1H. The minimum atomic E-state index is -0.0743. The van der Waals surface area contributed by atoms with Gasteiger partial charge in [-0.15, -0.1) is 24.8 Å². The monoisotopic (exact) mass is 350 g/mol. The number of anilines is 2. The number of nitrogens with two attached hydrogens (primary N) is 1. The third kappa shape index (κ3) is 9.57. The van der Waals surface area contributed by atoms with Gasteiger partial charge in [0, 0.05) is 17.8 Å². The summed E-state index contributed by atoms with van der Waals surface area (Å²) in [7, 11) is 3.67. The number of rotatable bonds is 7. The summed E-state index contributed by atoms with van der Waals surface area (Å²) in [5.74, 6) is -0.130. The third-order valence-electron chi connectivity index (χ3n) is 2.52. The lowest BCUT2D eigenvalue weighted by Gasteiger charge is -2.10. The van der Waals surface area contributed by atoms with E-state index in [2.05, 4.69) is 10.6 Å². The van der Waals surface area contributed by atoms with Crippen LogP contribution in [-0.4, -0.2) is 43.9 Å². The molecule has 0 radical (unpaired) electrons. The molecule has 22 heavy (non-hydrogen) atoms. The second-order valence-corrected chi connectivity index (χ2v) is 4.80. The maximum atomic E-state index is 11.6. The van der Waals surface area contributed by atoms with Crippen molar-refractivity contribution >= 4 is 48.0 Å². The smallest absolute Gasteiger partial charge is 0.238 e. The summed E-state index contributed by atoms with van der Waals surface area (Å²) in [6, 6.07) is 7.02. The summed E-state index contributed by atoms with van der Waals surface area (Å²) in [6.07, 6.45) is 1.09. The molecule has 0 saturated heterocycles. The number of likely N-dealkylation sites (N-methyl/N-ethyl adjacent to an activating group) is 1. The van der Waals surface area contributed by atoms with E-state index in [4.69, 9.17) is 5.73 Å². The summed E-state index contributed by atoms with van der Waals surface area (Å²) < 4.78 is 0. The number of amides is 2. The van der Waals surface area contributed by atoms with Gasteiger partial charge < -0.3 is 21.3 Å². The number of halogens is 2. The highest BCUT2D eigenvalue weighted by molar-refractivity contribution is 5.93. The van der Waals surface area contributed by atoms with Gasteiger partial charge in [0.25, 0.3) is 0 Å². The van der Waals surface area contributed by atoms with Gasteiger partial charge in [-0.2, -0.15) is 0 Å². The first-order valence-electron chi connectivity index (χ1n) is 6.56. The maximum Gasteiger partial charge on any atom is 0.238 e. The molecule has 0 aliphatic carbocycles. The molecule has 0 aliphatic heterocycles. The second-order valence-electron chi connectivity index (χ2n) is 4.80. The van der Waals surface area contributed by atoms with Crippen molar-refractivity contribution in [2.45, 2.75) is 12.8 Å². The van der Waals surface area contributed by atoms with Crippen molar-refractivity contribution in [1.82, 2.24) is 4.90 Å². The lowest BCUT2D eigenvalue weighted by molar-refractivity contribution is -0.117. The topological polar surface area (TPSA) is 87.5 Å². The quantitative estimate of drug-likeness (QED) is 0.698. The Kier molecular flexibility index (Phi) is 12.7. The number of hydrogen-bond acceptors (Lipinski definition) is 4. The molecule has 0 heterocycles. The Hall–Kier alpha value is -1.34. The van der Waals surface area contributed by atoms with Crippen LogP contribution in [0.4, 0.5) is 11.4 Å². The molecule has 6 nitrogen and oxygen atoms in total. The van der Waals surface area contributed by atoms with E-state index in [0.29, 0.717) is 37.3 Å². The van der Waals surface area contributed by atoms with Crippen molar-refractivity contribution < 1.29 is 9.59 Å². The average Bonchev–Trinajstić information content (AvgIpc) is 2.37. The molecular weight excluding hydrogens is 327 g/mol. The largest absolute Gasteiger partial charge is 0.330 e. The van der Waals surface area contributed by atoms with E-state index in [-0.39, 0.29) is 36.6 Å². The molecule has 0 fully saturated rings. The van der Waals surface area contributed by atoms with E-state index in [1.165, 1.54) is 0 Å². The number of nitrogens with one attached hydrogen (secondary N) is 2. The molecule has 4 N–H and O–H groups in total. The van der Waals surface area contributed by atoms with Crippen LogP contribution in [0.3, 0.4) is 0 Å². The summed E-state index contributed by atoms with van der Waals surface area (Å²) in [5, 5.41) is 5.55. The van der Waals surface area contributed by atoms with Crippen LogP contribution in [0.25, 0.3) is 0 Å². The van der Waals surface area contributed by atoms with Crippen LogP contribution in [0.2, 0.25) is 0 Å². The van der Waals surface area contributed by atoms with E-state index >= 15 is 0 Å². The van der Waals surface area contributed by atoms with Crippen molar-refractivity contribution in [2.24, 2.45) is 5.73 Å². The van der Waals surface area contributed by atoms with Crippen LogP contribution in [0, 0.1) is 0 Å². The van der Waals surface area contributed by atoms with Crippen molar-refractivity contribution in [1.29, 1.82) is 0 Å². The van der Waals surface area contributed by atoms with Gasteiger partial charge >= 0.3 is 0 Å². The van der Waals surface area contributed by atoms with Crippen LogP contribution < -0.4 is 16.4 Å². The molecule has 0 saturated carbocycles. The van der Waals surface area contributed by atoms with E-state index in [0.717, 1.165) is 0 Å². The molecule has 1 aromatic rings. The predicted molar refractivity (Wildman–Crippen MR) is 95.0 cm³/mol. The molecule has 2 amide bonds. The molecule has 1 rings (SSSR count). The van der Waals surface area contributed by atoms with Gasteiger partial charge in [0.15, 0.2) is 0 Å². The molecular formula is C14H24Cl2N4O2. The van der Waals surface area contributed by atoms with Crippen molar-refractivity contribution in [2.75, 3.05) is 37.8 Å². The minimum Gasteiger partial charge on any atom is -0.330 e. The van der Waals surface area contributed by atoms with Crippen LogP contribution in [0.5, 0.6) is 0 Å². The maximum absolute atomic E-state index is 11.6. The Morgan fingerprint density at radius 3 is 1.86 bits per heavy atom. The summed E-state index contributed by atoms with van der Waals surface area (Å²) in [4.78, 5) is 24.9. The first kappa shape index (κ1) is 22.9. The third-order valence-corrected chi connectivity index (χ3v) is 2.52. The SMILES string of the molecule is CN(C)CC(=O)Nc1ccc(NC(=O)CCCN)cc1.Cl.Cl. The van der Waals surface area contributed by atoms with E-state index in [9.17, 15) is 9.59 Å². The highest BCUT2D eigenvalue weighted by Gasteiger charge is 2.04. The van der Waals surface area contributed by atoms with Crippen LogP contribution >= 0.6 is 24.8 Å². The molecule has 126 valence electrons. The lowest BCUT2D eigenvalue weighted by Crippen LogP contribution is -2.27. The average molecular weight is 351 g/mol. The van der Waals surface area contributed by atoms with E-state index in [1.54, 1.807) is 29.2 Å². The summed E-state index contributed by atoms with van der Waals surface area (Å²) >= 11 is 0. The Labute approximate surface area is 143 Å². The van der Waals surface area contributed by atoms with Gasteiger partial charge in [-0.3, -0.25) is 9.59 Å². The second kappa shape index (κ2) is 12.2. The highest BCUT2D eigenvalue weighted by atomic mass is 35.5. The van der Waals surface area contributed by atoms with Gasteiger partial charge in [0.05, 0.1) is 6.54 Å². The fraction of sp³-hybridized carbons (Fsp3) is 0.429. The molecule has 0 aromatic heterocycles. The number of carbonyl (C=O) groups excluding carboxylic acids is 2. The Morgan fingerprint density at radius 2 is 1.45 bits per heavy atom. The Balaban J connectivity index is 0. The van der Waals surface area contributed by atoms with Crippen molar-refractivity contribution in [3.63, 3.8) is 0 Å². The first-order valence-corrected chi connectivity index (χ1v) is 6.56. The highest BCUT2D eigenvalue weighted by Crippen LogP contribution is 2.13. The van der Waals surface area contributed by atoms with Gasteiger partial charge in [-0.1, -0.05) is 0 Å². The molecule has 0 spiro atoms. The van der Waals surface area contributed by atoms with E-state index < -0.39 is 0 Å². The van der Waals surface area contributed by atoms with Gasteiger partial charge in [0.2, 0.25) is 11.8 Å². The zero-order chi connectivity index (χ0) is 15.0. The fourth-order valence-electron chi connectivity index (χ4n) is 1.61. The van der Waals surface area contributed by atoms with Crippen LogP contribution in [-0.2, 0) is 9.59 Å². The Morgan fingerprint density at radius 1 is 1.00 bits per heavy atom. The number of hydrogen-bond donors (Lipinski definition) is 3. The van der Waals surface area contributed by atoms with Gasteiger partial charge in [-0.05, 0) is 51.3 Å². The van der Waals surface area contributed by atoms with Crippen molar-refractivity contribution in [3.05, 3.63) is 24.3 Å².